The quantitative estimate of drug-likeness (QED) is 0.577. The molecular weight excluding hydrogens is 370 g/mol. The molecule has 1 aliphatic rings. The van der Waals surface area contributed by atoms with E-state index in [4.69, 9.17) is 13.9 Å². The van der Waals surface area contributed by atoms with Crippen molar-refractivity contribution in [1.29, 1.82) is 0 Å². The highest BCUT2D eigenvalue weighted by Gasteiger charge is 2.28. The summed E-state index contributed by atoms with van der Waals surface area (Å²) in [4.78, 5) is 37.2. The van der Waals surface area contributed by atoms with Crippen molar-refractivity contribution < 1.29 is 28.3 Å². The molecule has 0 saturated heterocycles. The molecule has 27 heavy (non-hydrogen) atoms. The van der Waals surface area contributed by atoms with E-state index in [-0.39, 0.29) is 6.61 Å². The van der Waals surface area contributed by atoms with Crippen molar-refractivity contribution in [2.45, 2.75) is 26.2 Å². The van der Waals surface area contributed by atoms with Gasteiger partial charge in [-0.05, 0) is 50.0 Å². The summed E-state index contributed by atoms with van der Waals surface area (Å²) in [5, 5.41) is 3.11. The Morgan fingerprint density at radius 2 is 2.15 bits per heavy atom. The van der Waals surface area contributed by atoms with Crippen molar-refractivity contribution >= 4 is 40.3 Å². The van der Waals surface area contributed by atoms with Crippen LogP contribution < -0.4 is 5.32 Å². The predicted molar refractivity (Wildman–Crippen MR) is 99.6 cm³/mol. The first-order chi connectivity index (χ1) is 13.1. The molecule has 0 radical (unpaired) electrons. The standard InChI is InChI=1S/C19H19NO6S/c1-2-24-19(23)17-13-6-3-7-14(13)27-18(17)20-15(21)11-26-16(22)9-8-12-5-4-10-25-12/h4-5,8-10H,2-3,6-7,11H2,1H3,(H,20,21)/b9-8+. The Hall–Kier alpha value is -2.87. The predicted octanol–water partition coefficient (Wildman–Crippen LogP) is 3.20. The molecule has 7 nitrogen and oxygen atoms in total. The Labute approximate surface area is 160 Å². The number of carbonyl (C=O) groups is 3. The van der Waals surface area contributed by atoms with E-state index in [9.17, 15) is 14.4 Å². The van der Waals surface area contributed by atoms with Gasteiger partial charge in [0.05, 0.1) is 18.4 Å². The number of rotatable bonds is 7. The monoisotopic (exact) mass is 389 g/mol. The average Bonchev–Trinajstić information content (AvgIpc) is 3.35. The van der Waals surface area contributed by atoms with Gasteiger partial charge in [0.15, 0.2) is 6.61 Å². The second-order valence-electron chi connectivity index (χ2n) is 5.79. The number of amides is 1. The molecule has 0 aliphatic heterocycles. The number of aryl methyl sites for hydroxylation is 1. The smallest absolute Gasteiger partial charge is 0.341 e. The van der Waals surface area contributed by atoms with Gasteiger partial charge < -0.3 is 19.2 Å². The molecule has 0 fully saturated rings. The lowest BCUT2D eigenvalue weighted by Crippen LogP contribution is -2.21. The third kappa shape index (κ3) is 4.65. The van der Waals surface area contributed by atoms with Crippen LogP contribution in [-0.2, 0) is 31.9 Å². The summed E-state index contributed by atoms with van der Waals surface area (Å²) in [5.41, 5.74) is 1.37. The largest absolute Gasteiger partial charge is 0.465 e. The molecule has 2 aromatic rings. The maximum atomic E-state index is 12.3. The van der Waals surface area contributed by atoms with E-state index in [2.05, 4.69) is 5.32 Å². The van der Waals surface area contributed by atoms with Gasteiger partial charge >= 0.3 is 11.9 Å². The van der Waals surface area contributed by atoms with Crippen LogP contribution in [0, 0.1) is 0 Å². The van der Waals surface area contributed by atoms with Gasteiger partial charge in [0, 0.05) is 11.0 Å². The van der Waals surface area contributed by atoms with Crippen LogP contribution in [0.25, 0.3) is 6.08 Å². The minimum absolute atomic E-state index is 0.260. The molecular formula is C19H19NO6S. The molecule has 1 N–H and O–H groups in total. The van der Waals surface area contributed by atoms with Gasteiger partial charge in [-0.15, -0.1) is 11.3 Å². The van der Waals surface area contributed by atoms with E-state index in [1.165, 1.54) is 29.8 Å². The molecule has 0 unspecified atom stereocenters. The van der Waals surface area contributed by atoms with Crippen LogP contribution in [0.2, 0.25) is 0 Å². The molecule has 0 aromatic carbocycles. The highest BCUT2D eigenvalue weighted by molar-refractivity contribution is 7.17. The zero-order valence-electron chi connectivity index (χ0n) is 14.8. The highest BCUT2D eigenvalue weighted by atomic mass is 32.1. The van der Waals surface area contributed by atoms with Crippen LogP contribution in [0.1, 0.15) is 39.9 Å². The molecule has 1 amide bonds. The first-order valence-corrected chi connectivity index (χ1v) is 9.40. The molecule has 0 saturated carbocycles. The van der Waals surface area contributed by atoms with Crippen LogP contribution >= 0.6 is 11.3 Å². The number of nitrogens with one attached hydrogen (secondary N) is 1. The number of thiophene rings is 1. The summed E-state index contributed by atoms with van der Waals surface area (Å²) in [7, 11) is 0. The fourth-order valence-electron chi connectivity index (χ4n) is 2.80. The second-order valence-corrected chi connectivity index (χ2v) is 6.89. The summed E-state index contributed by atoms with van der Waals surface area (Å²) in [5.74, 6) is -1.12. The van der Waals surface area contributed by atoms with E-state index in [0.717, 1.165) is 29.7 Å². The maximum absolute atomic E-state index is 12.3. The van der Waals surface area contributed by atoms with Gasteiger partial charge in [0.25, 0.3) is 5.91 Å². The molecule has 1 aliphatic carbocycles. The molecule has 2 heterocycles. The number of anilines is 1. The molecule has 142 valence electrons. The Balaban J connectivity index is 1.59. The van der Waals surface area contributed by atoms with Crippen molar-refractivity contribution in [2.75, 3.05) is 18.5 Å². The lowest BCUT2D eigenvalue weighted by molar-refractivity contribution is -0.142. The normalized spacial score (nSPS) is 12.8. The number of esters is 2. The Bertz CT molecular complexity index is 865. The highest BCUT2D eigenvalue weighted by Crippen LogP contribution is 2.39. The lowest BCUT2D eigenvalue weighted by Gasteiger charge is -2.08. The van der Waals surface area contributed by atoms with Crippen molar-refractivity contribution in [3.63, 3.8) is 0 Å². The van der Waals surface area contributed by atoms with Crippen LogP contribution in [0.4, 0.5) is 5.00 Å². The van der Waals surface area contributed by atoms with E-state index < -0.39 is 24.5 Å². The van der Waals surface area contributed by atoms with E-state index in [1.54, 1.807) is 19.1 Å². The van der Waals surface area contributed by atoms with Crippen LogP contribution in [0.15, 0.2) is 28.9 Å². The van der Waals surface area contributed by atoms with Gasteiger partial charge in [0.1, 0.15) is 10.8 Å². The zero-order valence-corrected chi connectivity index (χ0v) is 15.6. The van der Waals surface area contributed by atoms with Gasteiger partial charge in [-0.25, -0.2) is 9.59 Å². The fourth-order valence-corrected chi connectivity index (χ4v) is 4.09. The summed E-state index contributed by atoms with van der Waals surface area (Å²) in [6, 6.07) is 3.38. The SMILES string of the molecule is CCOC(=O)c1c(NC(=O)COC(=O)/C=C/c2ccco2)sc2c1CCC2. The molecule has 2 aromatic heterocycles. The van der Waals surface area contributed by atoms with Gasteiger partial charge in [0.2, 0.25) is 0 Å². The lowest BCUT2D eigenvalue weighted by atomic mass is 10.1. The first kappa shape index (κ1) is 18.9. The molecule has 0 bridgehead atoms. The Morgan fingerprint density at radius 1 is 1.30 bits per heavy atom. The Morgan fingerprint density at radius 3 is 2.89 bits per heavy atom. The number of fused-ring (bicyclic) bond motifs is 1. The summed E-state index contributed by atoms with van der Waals surface area (Å²) < 4.78 is 15.1. The van der Waals surface area contributed by atoms with Crippen LogP contribution in [-0.4, -0.2) is 31.1 Å². The molecule has 0 atom stereocenters. The topological polar surface area (TPSA) is 94.8 Å². The number of furan rings is 1. The Kier molecular flexibility index (Phi) is 6.08. The second kappa shape index (κ2) is 8.68. The third-order valence-electron chi connectivity index (χ3n) is 3.93. The molecule has 0 spiro atoms. The first-order valence-electron chi connectivity index (χ1n) is 8.58. The minimum Gasteiger partial charge on any atom is -0.465 e. The van der Waals surface area contributed by atoms with E-state index in [0.29, 0.717) is 16.3 Å². The van der Waals surface area contributed by atoms with Crippen molar-refractivity contribution in [3.8, 4) is 0 Å². The van der Waals surface area contributed by atoms with Crippen molar-refractivity contribution in [1.82, 2.24) is 0 Å². The van der Waals surface area contributed by atoms with Gasteiger partial charge in [-0.1, -0.05) is 0 Å². The maximum Gasteiger partial charge on any atom is 0.341 e. The minimum atomic E-state index is -0.666. The fraction of sp³-hybridized carbons (Fsp3) is 0.316. The summed E-state index contributed by atoms with van der Waals surface area (Å²) >= 11 is 1.37. The number of hydrogen-bond acceptors (Lipinski definition) is 7. The van der Waals surface area contributed by atoms with Gasteiger partial charge in [-0.2, -0.15) is 0 Å². The van der Waals surface area contributed by atoms with Crippen molar-refractivity contribution in [2.24, 2.45) is 0 Å². The molecule has 8 heteroatoms. The van der Waals surface area contributed by atoms with E-state index >= 15 is 0 Å². The molecule has 3 rings (SSSR count). The van der Waals surface area contributed by atoms with Crippen LogP contribution in [0.5, 0.6) is 0 Å². The number of ether oxygens (including phenoxy) is 2. The van der Waals surface area contributed by atoms with E-state index in [1.807, 2.05) is 0 Å². The van der Waals surface area contributed by atoms with Gasteiger partial charge in [-0.3, -0.25) is 4.79 Å². The summed E-state index contributed by atoms with van der Waals surface area (Å²) in [6.45, 7) is 1.54. The van der Waals surface area contributed by atoms with Crippen LogP contribution in [0.3, 0.4) is 0 Å². The third-order valence-corrected chi connectivity index (χ3v) is 5.13. The summed E-state index contributed by atoms with van der Waals surface area (Å²) in [6.07, 6.45) is 6.77. The average molecular weight is 389 g/mol. The van der Waals surface area contributed by atoms with Crippen molar-refractivity contribution in [3.05, 3.63) is 46.2 Å². The number of carbonyl (C=O) groups excluding carboxylic acids is 3. The number of hydrogen-bond donors (Lipinski definition) is 1. The zero-order chi connectivity index (χ0) is 19.2.